The zero-order valence-corrected chi connectivity index (χ0v) is 18.3. The Bertz CT molecular complexity index is 996. The lowest BCUT2D eigenvalue weighted by atomic mass is 9.87. The van der Waals surface area contributed by atoms with Crippen LogP contribution in [0.15, 0.2) is 24.3 Å². The van der Waals surface area contributed by atoms with E-state index >= 15 is 0 Å². The largest absolute Gasteiger partial charge is 0.460 e. The average Bonchev–Trinajstić information content (AvgIpc) is 2.75. The van der Waals surface area contributed by atoms with E-state index in [4.69, 9.17) is 0 Å². The Morgan fingerprint density at radius 3 is 1.29 bits per heavy atom. The van der Waals surface area contributed by atoms with Gasteiger partial charge in [0.25, 0.3) is 0 Å². The number of carbonyl (C=O) groups excluding carboxylic acids is 1. The maximum Gasteiger partial charge on any atom is 0.460 e. The first kappa shape index (κ1) is 33.7. The summed E-state index contributed by atoms with van der Waals surface area (Å²) >= 11 is 0. The highest BCUT2D eigenvalue weighted by Crippen LogP contribution is 2.64. The van der Waals surface area contributed by atoms with Crippen LogP contribution in [0.2, 0.25) is 0 Å². The molecule has 1 atom stereocenters. The summed E-state index contributed by atoms with van der Waals surface area (Å²) in [6.45, 7) is 1.02. The molecule has 38 heavy (non-hydrogen) atoms. The van der Waals surface area contributed by atoms with E-state index in [-0.39, 0.29) is 5.56 Å². The Morgan fingerprint density at radius 1 is 0.632 bits per heavy atom. The Kier molecular flexibility index (Phi) is 8.59. The molecule has 2 nitrogen and oxygen atoms in total. The van der Waals surface area contributed by atoms with E-state index in [2.05, 4.69) is 4.74 Å². The Labute approximate surface area is 200 Å². The first-order chi connectivity index (χ1) is 16.6. The molecule has 0 N–H and O–H groups in total. The van der Waals surface area contributed by atoms with E-state index in [9.17, 15) is 79.4 Å². The number of hydrogen-bond donors (Lipinski definition) is 0. The number of carbonyl (C=O) groups is 1. The topological polar surface area (TPSA) is 26.3 Å². The van der Waals surface area contributed by atoms with Gasteiger partial charge in [-0.3, -0.25) is 4.79 Å². The van der Waals surface area contributed by atoms with Crippen LogP contribution < -0.4 is 0 Å². The number of hydrogen-bond acceptors (Lipinski definition) is 2. The van der Waals surface area contributed by atoms with Gasteiger partial charge in [-0.05, 0) is 12.5 Å². The molecule has 0 fully saturated rings. The number of ketones is 1. The van der Waals surface area contributed by atoms with Gasteiger partial charge < -0.3 is 4.74 Å². The van der Waals surface area contributed by atoms with Crippen molar-refractivity contribution in [1.29, 1.82) is 0 Å². The van der Waals surface area contributed by atoms with Crippen LogP contribution in [0, 0.1) is 0 Å². The molecule has 1 unspecified atom stereocenters. The zero-order chi connectivity index (χ0) is 30.6. The van der Waals surface area contributed by atoms with Crippen LogP contribution in [0.5, 0.6) is 0 Å². The minimum Gasteiger partial charge on any atom is -0.377 e. The molecule has 0 amide bonds. The lowest BCUT2D eigenvalue weighted by Gasteiger charge is -2.43. The SMILES string of the molecule is COC(CC(F)(F)C(F)(F)C(F)(F)C(F)(F)C(F)(F)C(F)(F)C(F)(F)C(F)(F)F)c1ccc(C(C)=O)cc1. The molecular weight excluding hydrogens is 583 g/mol. The van der Waals surface area contributed by atoms with Crippen molar-refractivity contribution >= 4 is 5.78 Å². The molecule has 0 aliphatic heterocycles. The van der Waals surface area contributed by atoms with E-state index in [0.29, 0.717) is 7.11 Å². The molecule has 0 aliphatic carbocycles. The fourth-order valence-electron chi connectivity index (χ4n) is 2.83. The third-order valence-electron chi connectivity index (χ3n) is 5.20. The molecule has 0 heterocycles. The summed E-state index contributed by atoms with van der Waals surface area (Å²) in [5.41, 5.74) is -0.713. The van der Waals surface area contributed by atoms with Gasteiger partial charge >= 0.3 is 47.6 Å². The third-order valence-corrected chi connectivity index (χ3v) is 5.20. The maximum absolute atomic E-state index is 14.2. The normalized spacial score (nSPS) is 16.0. The van der Waals surface area contributed by atoms with Gasteiger partial charge in [-0.1, -0.05) is 24.3 Å². The van der Waals surface area contributed by atoms with Crippen molar-refractivity contribution in [2.75, 3.05) is 7.11 Å². The fraction of sp³-hybridized carbons (Fsp3) is 0.632. The van der Waals surface area contributed by atoms with Crippen LogP contribution in [0.3, 0.4) is 0 Å². The molecule has 220 valence electrons. The van der Waals surface area contributed by atoms with Crippen molar-refractivity contribution in [3.05, 3.63) is 35.4 Å². The zero-order valence-electron chi connectivity index (χ0n) is 18.3. The summed E-state index contributed by atoms with van der Waals surface area (Å²) in [6, 6.07) is 3.23. The number of benzene rings is 1. The Balaban J connectivity index is 3.56. The second-order valence-corrected chi connectivity index (χ2v) is 7.76. The number of alkyl halides is 17. The lowest BCUT2D eigenvalue weighted by molar-refractivity contribution is -0.462. The average molecular weight is 596 g/mol. The van der Waals surface area contributed by atoms with Crippen LogP contribution in [0.1, 0.15) is 35.4 Å². The molecule has 19 heteroatoms. The monoisotopic (exact) mass is 596 g/mol. The van der Waals surface area contributed by atoms with Gasteiger partial charge in [-0.2, -0.15) is 74.6 Å². The first-order valence-corrected chi connectivity index (χ1v) is 9.43. The molecule has 0 bridgehead atoms. The summed E-state index contributed by atoms with van der Waals surface area (Å²) in [7, 11) is 0.485. The summed E-state index contributed by atoms with van der Waals surface area (Å²) in [6.07, 6.45) is -13.0. The summed E-state index contributed by atoms with van der Waals surface area (Å²) in [5.74, 6) is -57.4. The predicted molar refractivity (Wildman–Crippen MR) is 91.5 cm³/mol. The van der Waals surface area contributed by atoms with Crippen LogP contribution in [0.4, 0.5) is 74.6 Å². The van der Waals surface area contributed by atoms with Crippen molar-refractivity contribution in [2.24, 2.45) is 0 Å². The maximum atomic E-state index is 14.2. The van der Waals surface area contributed by atoms with Crippen LogP contribution in [-0.4, -0.2) is 60.5 Å². The van der Waals surface area contributed by atoms with Crippen molar-refractivity contribution in [3.63, 3.8) is 0 Å². The second kappa shape index (κ2) is 9.69. The highest BCUT2D eigenvalue weighted by molar-refractivity contribution is 5.94. The molecule has 0 saturated heterocycles. The number of Topliss-reactive ketones (excluding diaryl/α,β-unsaturated/α-hetero) is 1. The third kappa shape index (κ3) is 4.89. The second-order valence-electron chi connectivity index (χ2n) is 7.76. The minimum absolute atomic E-state index is 0.106. The summed E-state index contributed by atoms with van der Waals surface area (Å²) < 4.78 is 232. The Morgan fingerprint density at radius 2 is 0.974 bits per heavy atom. The standard InChI is InChI=1S/C19H13F17O2/c1-8(37)9-3-5-10(6-4-9)11(38-2)7-12(20,21)13(22,23)14(24,25)15(26,27)16(28,29)17(30,31)18(32,33)19(34,35)36/h3-6,11H,7H2,1-2H3. The minimum atomic E-state index is -8.68. The highest BCUT2D eigenvalue weighted by atomic mass is 19.4. The molecule has 0 aliphatic rings. The predicted octanol–water partition coefficient (Wildman–Crippen LogP) is 7.98. The molecule has 1 aromatic rings. The van der Waals surface area contributed by atoms with Gasteiger partial charge in [0.1, 0.15) is 0 Å². The van der Waals surface area contributed by atoms with Crippen molar-refractivity contribution in [3.8, 4) is 0 Å². The van der Waals surface area contributed by atoms with Gasteiger partial charge in [0, 0.05) is 19.1 Å². The first-order valence-electron chi connectivity index (χ1n) is 9.43. The van der Waals surface area contributed by atoms with E-state index in [1.165, 1.54) is 0 Å². The van der Waals surface area contributed by atoms with Crippen molar-refractivity contribution < 1.29 is 84.2 Å². The van der Waals surface area contributed by atoms with Crippen LogP contribution in [0.25, 0.3) is 0 Å². The number of methoxy groups -OCH3 is 1. The van der Waals surface area contributed by atoms with Gasteiger partial charge in [0.05, 0.1) is 6.10 Å². The summed E-state index contributed by atoms with van der Waals surface area (Å²) in [5, 5.41) is 0. The number of rotatable bonds is 11. The molecule has 0 spiro atoms. The quantitative estimate of drug-likeness (QED) is 0.191. The van der Waals surface area contributed by atoms with E-state index in [1.807, 2.05) is 0 Å². The fourth-order valence-corrected chi connectivity index (χ4v) is 2.83. The van der Waals surface area contributed by atoms with E-state index in [1.54, 1.807) is 0 Å². The molecule has 1 rings (SSSR count). The van der Waals surface area contributed by atoms with E-state index < -0.39 is 71.5 Å². The van der Waals surface area contributed by atoms with Crippen molar-refractivity contribution in [2.45, 2.75) is 67.1 Å². The molecule has 0 aromatic heterocycles. The van der Waals surface area contributed by atoms with Gasteiger partial charge in [-0.15, -0.1) is 0 Å². The van der Waals surface area contributed by atoms with E-state index in [0.717, 1.165) is 31.2 Å². The molecule has 0 saturated carbocycles. The highest BCUT2D eigenvalue weighted by Gasteiger charge is 2.95. The Hall–Kier alpha value is -2.34. The van der Waals surface area contributed by atoms with Crippen LogP contribution >= 0.6 is 0 Å². The molecular formula is C19H13F17O2. The van der Waals surface area contributed by atoms with Gasteiger partial charge in [-0.25, -0.2) is 0 Å². The van der Waals surface area contributed by atoms with Crippen molar-refractivity contribution in [1.82, 2.24) is 0 Å². The molecule has 0 radical (unpaired) electrons. The smallest absolute Gasteiger partial charge is 0.377 e. The van der Waals surface area contributed by atoms with Gasteiger partial charge in [0.15, 0.2) is 5.78 Å². The molecule has 1 aromatic carbocycles. The number of halogens is 17. The summed E-state index contributed by atoms with van der Waals surface area (Å²) in [4.78, 5) is 11.2. The van der Waals surface area contributed by atoms with Gasteiger partial charge in [0.2, 0.25) is 0 Å². The number of ether oxygens (including phenoxy) is 1. The van der Waals surface area contributed by atoms with Crippen LogP contribution in [-0.2, 0) is 4.74 Å². The lowest BCUT2D eigenvalue weighted by Crippen LogP contribution is -2.74.